The number of nitrogens with zero attached hydrogens (tertiary/aromatic N) is 2. The number of aliphatic imine (C=N–C) groups is 1. The summed E-state index contributed by atoms with van der Waals surface area (Å²) >= 11 is 0. The molecule has 3 aromatic rings. The van der Waals surface area contributed by atoms with Crippen molar-refractivity contribution in [1.29, 1.82) is 0 Å². The molecule has 8 nitrogen and oxygen atoms in total. The molecule has 0 heterocycles. The number of benzene rings is 3. The number of rotatable bonds is 9. The Hall–Kier alpha value is -4.33. The molecule has 3 rings (SSSR count). The number of guanidine groups is 1. The average Bonchev–Trinajstić information content (AvgIpc) is 2.83. The van der Waals surface area contributed by atoms with Gasteiger partial charge in [0, 0.05) is 29.2 Å². The summed E-state index contributed by atoms with van der Waals surface area (Å²) in [6.07, 6.45) is 0.861. The molecule has 3 aromatic carbocycles. The predicted molar refractivity (Wildman–Crippen MR) is 132 cm³/mol. The van der Waals surface area contributed by atoms with Crippen LogP contribution in [0.4, 0.5) is 17.1 Å². The molecule has 1 atom stereocenters. The van der Waals surface area contributed by atoms with Gasteiger partial charge in [-0.2, -0.15) is 0 Å². The van der Waals surface area contributed by atoms with E-state index in [4.69, 9.17) is 17.2 Å². The molecule has 0 spiro atoms. The number of para-hydroxylation sites is 1. The maximum Gasteiger partial charge on any atom is 0.254 e. The average molecular weight is 445 g/mol. The second-order valence-corrected chi connectivity index (χ2v) is 7.44. The molecule has 170 valence electrons. The minimum atomic E-state index is -0.801. The smallest absolute Gasteiger partial charge is 0.254 e. The summed E-state index contributed by atoms with van der Waals surface area (Å²) in [4.78, 5) is 32.3. The summed E-state index contributed by atoms with van der Waals surface area (Å²) in [7, 11) is 0. The Labute approximate surface area is 193 Å². The number of carbonyl (C=O) groups is 2. The highest BCUT2D eigenvalue weighted by atomic mass is 16.2. The highest BCUT2D eigenvalue weighted by Gasteiger charge is 2.28. The molecule has 2 amide bonds. The molecule has 8 heteroatoms. The molecule has 0 fully saturated rings. The van der Waals surface area contributed by atoms with Gasteiger partial charge in [0.1, 0.15) is 6.04 Å². The highest BCUT2D eigenvalue weighted by molar-refractivity contribution is 6.06. The quantitative estimate of drug-likeness (QED) is 0.174. The van der Waals surface area contributed by atoms with Crippen molar-refractivity contribution in [3.05, 3.63) is 90.5 Å². The zero-order chi connectivity index (χ0) is 23.6. The van der Waals surface area contributed by atoms with Gasteiger partial charge in [-0.1, -0.05) is 36.4 Å². The van der Waals surface area contributed by atoms with Gasteiger partial charge < -0.3 is 22.5 Å². The topological polar surface area (TPSA) is 140 Å². The molecule has 33 heavy (non-hydrogen) atoms. The Morgan fingerprint density at radius 3 is 2.03 bits per heavy atom. The van der Waals surface area contributed by atoms with Gasteiger partial charge >= 0.3 is 0 Å². The van der Waals surface area contributed by atoms with E-state index in [1.807, 2.05) is 36.4 Å². The molecule has 0 saturated heterocycles. The summed E-state index contributed by atoms with van der Waals surface area (Å²) in [5, 5.41) is 2.89. The van der Waals surface area contributed by atoms with Crippen LogP contribution in [0.1, 0.15) is 23.2 Å². The number of anilines is 3. The van der Waals surface area contributed by atoms with E-state index in [0.29, 0.717) is 42.0 Å². The second-order valence-electron chi connectivity index (χ2n) is 7.44. The van der Waals surface area contributed by atoms with Gasteiger partial charge in [0.05, 0.1) is 0 Å². The first-order valence-electron chi connectivity index (χ1n) is 10.6. The molecule has 0 radical (unpaired) electrons. The molecular weight excluding hydrogens is 416 g/mol. The predicted octanol–water partition coefficient (Wildman–Crippen LogP) is 2.79. The van der Waals surface area contributed by atoms with Crippen molar-refractivity contribution in [3.63, 3.8) is 0 Å². The van der Waals surface area contributed by atoms with E-state index in [1.54, 1.807) is 53.4 Å². The van der Waals surface area contributed by atoms with E-state index in [0.717, 1.165) is 0 Å². The molecular formula is C25H28N6O2. The lowest BCUT2D eigenvalue weighted by molar-refractivity contribution is -0.119. The molecule has 0 aliphatic heterocycles. The van der Waals surface area contributed by atoms with Crippen LogP contribution in [0.25, 0.3) is 0 Å². The van der Waals surface area contributed by atoms with Gasteiger partial charge in [0.15, 0.2) is 5.96 Å². The van der Waals surface area contributed by atoms with E-state index in [1.165, 1.54) is 0 Å². The molecule has 0 saturated carbocycles. The molecule has 1 unspecified atom stereocenters. The lowest BCUT2D eigenvalue weighted by Gasteiger charge is -2.28. The lowest BCUT2D eigenvalue weighted by Crippen LogP contribution is -2.47. The summed E-state index contributed by atoms with van der Waals surface area (Å²) in [5.41, 5.74) is 19.0. The fourth-order valence-electron chi connectivity index (χ4n) is 3.35. The summed E-state index contributed by atoms with van der Waals surface area (Å²) < 4.78 is 0. The number of nitrogens with one attached hydrogen (secondary N) is 1. The van der Waals surface area contributed by atoms with E-state index in [2.05, 4.69) is 10.3 Å². The zero-order valence-electron chi connectivity index (χ0n) is 18.2. The molecule has 0 aromatic heterocycles. The van der Waals surface area contributed by atoms with Crippen LogP contribution < -0.4 is 27.4 Å². The Bertz CT molecular complexity index is 1080. The van der Waals surface area contributed by atoms with E-state index in [-0.39, 0.29) is 17.8 Å². The number of hydrogen-bond donors (Lipinski definition) is 4. The number of nitrogens with two attached hydrogens (primary N) is 3. The first-order valence-corrected chi connectivity index (χ1v) is 10.6. The molecule has 0 aliphatic rings. The van der Waals surface area contributed by atoms with Crippen molar-refractivity contribution >= 4 is 34.8 Å². The van der Waals surface area contributed by atoms with Gasteiger partial charge in [0.25, 0.3) is 11.8 Å². The normalized spacial score (nSPS) is 11.3. The first kappa shape index (κ1) is 23.3. The van der Waals surface area contributed by atoms with Crippen LogP contribution in [0.5, 0.6) is 0 Å². The standard InChI is InChI=1S/C25H28N6O2/c26-19-13-15-21(16-14-19)31(20-10-5-2-6-11-20)24(33)22(12-7-17-29-25(27)28)30-23(32)18-8-3-1-4-9-18/h1-6,8-11,13-16,22H,7,12,17,26H2,(H,30,32)(H4,27,28,29). The van der Waals surface area contributed by atoms with Crippen molar-refractivity contribution in [2.24, 2.45) is 16.5 Å². The Morgan fingerprint density at radius 2 is 1.42 bits per heavy atom. The Balaban J connectivity index is 1.92. The highest BCUT2D eigenvalue weighted by Crippen LogP contribution is 2.27. The van der Waals surface area contributed by atoms with Gasteiger partial charge in [-0.3, -0.25) is 19.5 Å². The minimum absolute atomic E-state index is 0.0148. The van der Waals surface area contributed by atoms with Crippen LogP contribution in [0, 0.1) is 0 Å². The Kier molecular flexibility index (Phi) is 8.02. The minimum Gasteiger partial charge on any atom is -0.399 e. The van der Waals surface area contributed by atoms with Crippen LogP contribution in [-0.2, 0) is 4.79 Å². The third-order valence-electron chi connectivity index (χ3n) is 4.97. The lowest BCUT2D eigenvalue weighted by atomic mass is 10.1. The zero-order valence-corrected chi connectivity index (χ0v) is 18.2. The fourth-order valence-corrected chi connectivity index (χ4v) is 3.35. The van der Waals surface area contributed by atoms with Crippen LogP contribution >= 0.6 is 0 Å². The van der Waals surface area contributed by atoms with E-state index < -0.39 is 6.04 Å². The molecule has 7 N–H and O–H groups in total. The van der Waals surface area contributed by atoms with Crippen LogP contribution in [0.2, 0.25) is 0 Å². The first-order chi connectivity index (χ1) is 16.0. The van der Waals surface area contributed by atoms with Crippen LogP contribution in [0.15, 0.2) is 89.9 Å². The Morgan fingerprint density at radius 1 is 0.848 bits per heavy atom. The van der Waals surface area contributed by atoms with Gasteiger partial charge in [-0.15, -0.1) is 0 Å². The monoisotopic (exact) mass is 444 g/mol. The largest absolute Gasteiger partial charge is 0.399 e. The molecule has 0 bridgehead atoms. The number of hydrogen-bond acceptors (Lipinski definition) is 4. The van der Waals surface area contributed by atoms with Crippen molar-refractivity contribution in [2.45, 2.75) is 18.9 Å². The SMILES string of the molecule is NC(N)=NCCCC(NC(=O)c1ccccc1)C(=O)N(c1ccccc1)c1ccc(N)cc1. The third kappa shape index (κ3) is 6.57. The number of amides is 2. The summed E-state index contributed by atoms with van der Waals surface area (Å²) in [6.45, 7) is 0.348. The van der Waals surface area contributed by atoms with Gasteiger partial charge in [-0.25, -0.2) is 0 Å². The number of nitrogen functional groups attached to an aromatic ring is 1. The van der Waals surface area contributed by atoms with Crippen LogP contribution in [-0.4, -0.2) is 30.4 Å². The van der Waals surface area contributed by atoms with Crippen molar-refractivity contribution in [1.82, 2.24) is 5.32 Å². The van der Waals surface area contributed by atoms with E-state index in [9.17, 15) is 9.59 Å². The molecule has 0 aliphatic carbocycles. The fraction of sp³-hybridized carbons (Fsp3) is 0.160. The summed E-state index contributed by atoms with van der Waals surface area (Å²) in [5.74, 6) is -0.625. The van der Waals surface area contributed by atoms with Gasteiger partial charge in [0.2, 0.25) is 0 Å². The third-order valence-corrected chi connectivity index (χ3v) is 4.97. The van der Waals surface area contributed by atoms with Crippen molar-refractivity contribution < 1.29 is 9.59 Å². The van der Waals surface area contributed by atoms with Crippen molar-refractivity contribution in [2.75, 3.05) is 17.2 Å². The van der Waals surface area contributed by atoms with Crippen molar-refractivity contribution in [3.8, 4) is 0 Å². The maximum atomic E-state index is 13.8. The van der Waals surface area contributed by atoms with Gasteiger partial charge in [-0.05, 0) is 61.4 Å². The second kappa shape index (κ2) is 11.3. The number of carbonyl (C=O) groups excluding carboxylic acids is 2. The maximum absolute atomic E-state index is 13.8. The van der Waals surface area contributed by atoms with E-state index >= 15 is 0 Å². The van der Waals surface area contributed by atoms with Crippen LogP contribution in [0.3, 0.4) is 0 Å². The summed E-state index contributed by atoms with van der Waals surface area (Å²) in [6, 6.07) is 24.2.